The number of benzene rings is 1. The first kappa shape index (κ1) is 21.3. The Hall–Kier alpha value is -1.93. The van der Waals surface area contributed by atoms with E-state index in [1.165, 1.54) is 4.90 Å². The van der Waals surface area contributed by atoms with Crippen LogP contribution in [-0.4, -0.2) is 104 Å². The second-order valence-corrected chi connectivity index (χ2v) is 8.53. The van der Waals surface area contributed by atoms with Crippen molar-refractivity contribution in [2.24, 2.45) is 0 Å². The number of nitrogens with zero attached hydrogens (tertiary/aromatic N) is 4. The van der Waals surface area contributed by atoms with Gasteiger partial charge in [0.05, 0.1) is 18.8 Å². The van der Waals surface area contributed by atoms with E-state index in [1.807, 2.05) is 12.1 Å². The molecular formula is C22H29ClN4O3. The summed E-state index contributed by atoms with van der Waals surface area (Å²) in [7, 11) is 2.07. The maximum atomic E-state index is 13.4. The summed E-state index contributed by atoms with van der Waals surface area (Å²) in [5.41, 5.74) is 1.80. The largest absolute Gasteiger partial charge is 0.379 e. The van der Waals surface area contributed by atoms with E-state index < -0.39 is 0 Å². The summed E-state index contributed by atoms with van der Waals surface area (Å²) >= 11 is 6.05. The standard InChI is InChI=1S/C22H29ClN4O3/c1-24-9-11-26(12-10-24)20-19(17-3-5-18(23)6-4-17)21(28)27(22(20)29)8-2-7-25-13-15-30-16-14-25/h3-6H,2,7-16H2,1H3. The van der Waals surface area contributed by atoms with Gasteiger partial charge >= 0.3 is 0 Å². The topological polar surface area (TPSA) is 56.3 Å². The Balaban J connectivity index is 1.53. The number of morpholine rings is 1. The van der Waals surface area contributed by atoms with Gasteiger partial charge < -0.3 is 14.5 Å². The van der Waals surface area contributed by atoms with Gasteiger partial charge in [0.15, 0.2) is 0 Å². The molecule has 162 valence electrons. The van der Waals surface area contributed by atoms with Gasteiger partial charge in [-0.1, -0.05) is 23.7 Å². The van der Waals surface area contributed by atoms with Gasteiger partial charge in [0.25, 0.3) is 11.8 Å². The first-order chi connectivity index (χ1) is 14.5. The highest BCUT2D eigenvalue weighted by Crippen LogP contribution is 2.32. The molecule has 1 aromatic carbocycles. The fourth-order valence-corrected chi connectivity index (χ4v) is 4.37. The van der Waals surface area contributed by atoms with Crippen LogP contribution in [0.4, 0.5) is 0 Å². The molecule has 0 unspecified atom stereocenters. The Morgan fingerprint density at radius 2 is 1.57 bits per heavy atom. The summed E-state index contributed by atoms with van der Waals surface area (Å²) in [5, 5.41) is 0.611. The summed E-state index contributed by atoms with van der Waals surface area (Å²) < 4.78 is 5.39. The number of imide groups is 1. The minimum atomic E-state index is -0.196. The molecule has 3 heterocycles. The Labute approximate surface area is 182 Å². The Bertz CT molecular complexity index is 812. The van der Waals surface area contributed by atoms with E-state index in [4.69, 9.17) is 16.3 Å². The molecule has 0 aliphatic carbocycles. The lowest BCUT2D eigenvalue weighted by Gasteiger charge is -2.34. The summed E-state index contributed by atoms with van der Waals surface area (Å²) in [4.78, 5) is 34.8. The smallest absolute Gasteiger partial charge is 0.277 e. The summed E-state index contributed by atoms with van der Waals surface area (Å²) in [6.45, 7) is 7.82. The average Bonchev–Trinajstić information content (AvgIpc) is 3.00. The molecule has 0 spiro atoms. The zero-order valence-electron chi connectivity index (χ0n) is 17.5. The summed E-state index contributed by atoms with van der Waals surface area (Å²) in [5.74, 6) is -0.366. The van der Waals surface area contributed by atoms with Crippen molar-refractivity contribution in [1.29, 1.82) is 0 Å². The van der Waals surface area contributed by atoms with E-state index in [1.54, 1.807) is 12.1 Å². The third-order valence-electron chi connectivity index (χ3n) is 6.06. The first-order valence-corrected chi connectivity index (χ1v) is 11.0. The predicted molar refractivity (Wildman–Crippen MR) is 116 cm³/mol. The van der Waals surface area contributed by atoms with Gasteiger partial charge in [-0.3, -0.25) is 19.4 Å². The highest BCUT2D eigenvalue weighted by molar-refractivity contribution is 6.36. The minimum Gasteiger partial charge on any atom is -0.379 e. The Morgan fingerprint density at radius 3 is 2.23 bits per heavy atom. The lowest BCUT2D eigenvalue weighted by Crippen LogP contribution is -2.46. The van der Waals surface area contributed by atoms with Gasteiger partial charge in [0.2, 0.25) is 0 Å². The number of hydrogen-bond acceptors (Lipinski definition) is 6. The molecule has 0 saturated carbocycles. The van der Waals surface area contributed by atoms with Crippen molar-refractivity contribution in [3.05, 3.63) is 40.5 Å². The molecule has 30 heavy (non-hydrogen) atoms. The van der Waals surface area contributed by atoms with Gasteiger partial charge in [-0.2, -0.15) is 0 Å². The highest BCUT2D eigenvalue weighted by Gasteiger charge is 2.41. The fraction of sp³-hybridized carbons (Fsp3) is 0.545. The van der Waals surface area contributed by atoms with Crippen molar-refractivity contribution in [3.8, 4) is 0 Å². The van der Waals surface area contributed by atoms with Gasteiger partial charge in [-0.25, -0.2) is 0 Å². The molecule has 2 fully saturated rings. The number of halogens is 1. The third-order valence-corrected chi connectivity index (χ3v) is 6.31. The molecule has 1 aromatic rings. The number of carbonyl (C=O) groups is 2. The van der Waals surface area contributed by atoms with Gasteiger partial charge in [-0.05, 0) is 31.2 Å². The molecule has 0 aromatic heterocycles. The number of amides is 2. The Kier molecular flexibility index (Phi) is 6.73. The number of ether oxygens (including phenoxy) is 1. The van der Waals surface area contributed by atoms with Crippen LogP contribution in [0.3, 0.4) is 0 Å². The monoisotopic (exact) mass is 432 g/mol. The average molecular weight is 433 g/mol. The second-order valence-electron chi connectivity index (χ2n) is 8.09. The Morgan fingerprint density at radius 1 is 0.900 bits per heavy atom. The number of hydrogen-bond donors (Lipinski definition) is 0. The molecule has 0 bridgehead atoms. The van der Waals surface area contributed by atoms with E-state index in [0.29, 0.717) is 22.8 Å². The van der Waals surface area contributed by atoms with Crippen molar-refractivity contribution in [2.45, 2.75) is 6.42 Å². The molecule has 2 saturated heterocycles. The van der Waals surface area contributed by atoms with Crippen molar-refractivity contribution < 1.29 is 14.3 Å². The predicted octanol–water partition coefficient (Wildman–Crippen LogP) is 1.39. The van der Waals surface area contributed by atoms with E-state index >= 15 is 0 Å². The van der Waals surface area contributed by atoms with Crippen LogP contribution in [0, 0.1) is 0 Å². The highest BCUT2D eigenvalue weighted by atomic mass is 35.5. The van der Waals surface area contributed by atoms with Crippen LogP contribution in [0.5, 0.6) is 0 Å². The minimum absolute atomic E-state index is 0.170. The van der Waals surface area contributed by atoms with E-state index in [0.717, 1.165) is 71.0 Å². The van der Waals surface area contributed by atoms with Crippen molar-refractivity contribution in [3.63, 3.8) is 0 Å². The van der Waals surface area contributed by atoms with Crippen LogP contribution in [0.1, 0.15) is 12.0 Å². The molecule has 2 amide bonds. The number of likely N-dealkylation sites (N-methyl/N-ethyl adjacent to an activating group) is 1. The molecule has 8 heteroatoms. The quantitative estimate of drug-likeness (QED) is 0.633. The van der Waals surface area contributed by atoms with E-state index in [9.17, 15) is 9.59 Å². The molecule has 3 aliphatic rings. The van der Waals surface area contributed by atoms with E-state index in [-0.39, 0.29) is 11.8 Å². The maximum Gasteiger partial charge on any atom is 0.277 e. The van der Waals surface area contributed by atoms with Gasteiger partial charge in [0.1, 0.15) is 5.70 Å². The molecule has 0 N–H and O–H groups in total. The van der Waals surface area contributed by atoms with Crippen LogP contribution in [-0.2, 0) is 14.3 Å². The zero-order chi connectivity index (χ0) is 21.1. The normalized spacial score (nSPS) is 21.8. The van der Waals surface area contributed by atoms with Gasteiger partial charge in [0, 0.05) is 57.4 Å². The SMILES string of the molecule is CN1CCN(C2=C(c3ccc(Cl)cc3)C(=O)N(CCCN3CCOCC3)C2=O)CC1. The molecule has 0 atom stereocenters. The van der Waals surface area contributed by atoms with Crippen LogP contribution in [0.2, 0.25) is 5.02 Å². The van der Waals surface area contributed by atoms with Crippen LogP contribution in [0.15, 0.2) is 30.0 Å². The second kappa shape index (κ2) is 9.47. The molecule has 7 nitrogen and oxygen atoms in total. The van der Waals surface area contributed by atoms with Crippen molar-refractivity contribution >= 4 is 29.0 Å². The van der Waals surface area contributed by atoms with Crippen molar-refractivity contribution in [1.82, 2.24) is 19.6 Å². The number of piperazine rings is 1. The number of rotatable bonds is 6. The van der Waals surface area contributed by atoms with Crippen molar-refractivity contribution in [2.75, 3.05) is 72.6 Å². The van der Waals surface area contributed by atoms with Crippen LogP contribution >= 0.6 is 11.6 Å². The van der Waals surface area contributed by atoms with Crippen LogP contribution < -0.4 is 0 Å². The summed E-state index contributed by atoms with van der Waals surface area (Å²) in [6.07, 6.45) is 0.765. The molecule has 3 aliphatic heterocycles. The third kappa shape index (κ3) is 4.54. The molecule has 0 radical (unpaired) electrons. The van der Waals surface area contributed by atoms with Crippen LogP contribution in [0.25, 0.3) is 5.57 Å². The maximum absolute atomic E-state index is 13.4. The lowest BCUT2D eigenvalue weighted by molar-refractivity contribution is -0.137. The fourth-order valence-electron chi connectivity index (χ4n) is 4.24. The number of carbonyl (C=O) groups excluding carboxylic acids is 2. The zero-order valence-corrected chi connectivity index (χ0v) is 18.2. The summed E-state index contributed by atoms with van der Waals surface area (Å²) in [6, 6.07) is 7.20. The van der Waals surface area contributed by atoms with E-state index in [2.05, 4.69) is 21.7 Å². The van der Waals surface area contributed by atoms with Gasteiger partial charge in [-0.15, -0.1) is 0 Å². The lowest BCUT2D eigenvalue weighted by atomic mass is 10.0. The first-order valence-electron chi connectivity index (χ1n) is 10.6. The molecular weight excluding hydrogens is 404 g/mol. The molecule has 4 rings (SSSR count).